The van der Waals surface area contributed by atoms with Crippen LogP contribution in [0.5, 0.6) is 0 Å². The van der Waals surface area contributed by atoms with Gasteiger partial charge in [0.25, 0.3) is 0 Å². The van der Waals surface area contributed by atoms with Crippen LogP contribution < -0.4 is 24.8 Å². The number of unbranched alkanes of at least 4 members (excludes halogenated alkanes) is 5. The van der Waals surface area contributed by atoms with Crippen molar-refractivity contribution in [3.05, 3.63) is 0 Å². The summed E-state index contributed by atoms with van der Waals surface area (Å²) in [6.07, 6.45) is 8.70. The van der Waals surface area contributed by atoms with E-state index in [1.54, 1.807) is 0 Å². The fourth-order valence-corrected chi connectivity index (χ4v) is 2.75. The summed E-state index contributed by atoms with van der Waals surface area (Å²) >= 11 is 0. The Bertz CT molecular complexity index is 105. The minimum Gasteiger partial charge on any atom is -1.00 e. The molecular formula is C11H26Cl2MgSi. The molecule has 0 N–H and O–H groups in total. The molecule has 90 valence electrons. The van der Waals surface area contributed by atoms with Gasteiger partial charge in [0.15, 0.2) is 0 Å². The second-order valence-corrected chi connectivity index (χ2v) is 10.7. The molecule has 0 fully saturated rings. The quantitative estimate of drug-likeness (QED) is 0.386. The van der Waals surface area contributed by atoms with Gasteiger partial charge in [0, 0.05) is 8.07 Å². The minimum atomic E-state index is -0.726. The average molecular weight is 282 g/mol. The van der Waals surface area contributed by atoms with Crippen LogP contribution in [0.15, 0.2) is 0 Å². The Hall–Kier alpha value is 1.56. The molecule has 0 aromatic heterocycles. The molecule has 15 heavy (non-hydrogen) atoms. The number of hydrogen-bond donors (Lipinski definition) is 0. The largest absolute Gasteiger partial charge is 2.00 e. The molecule has 0 amide bonds. The van der Waals surface area contributed by atoms with Gasteiger partial charge in [0.1, 0.15) is 0 Å². The van der Waals surface area contributed by atoms with E-state index in [1.807, 2.05) is 0 Å². The van der Waals surface area contributed by atoms with Crippen molar-refractivity contribution in [3.8, 4) is 0 Å². The molecule has 0 radical (unpaired) electrons. The Morgan fingerprint density at radius 2 is 1.13 bits per heavy atom. The molecule has 0 saturated carbocycles. The molecule has 0 unspecified atom stereocenters. The molecule has 0 aromatic carbocycles. The second-order valence-electron chi connectivity index (χ2n) is 5.08. The van der Waals surface area contributed by atoms with Crippen LogP contribution >= 0.6 is 0 Å². The zero-order valence-electron chi connectivity index (χ0n) is 10.9. The fraction of sp³-hybridized carbons (Fsp3) is 1.00. The van der Waals surface area contributed by atoms with E-state index in [0.29, 0.717) is 0 Å². The van der Waals surface area contributed by atoms with Gasteiger partial charge < -0.3 is 24.8 Å². The van der Waals surface area contributed by atoms with E-state index in [9.17, 15) is 0 Å². The standard InChI is InChI=1S/C11H26Si.2ClH.Mg/c1-5-6-7-8-9-10-11-12(2,3)4;;;/h5-11H2,1-4H3;2*1H;/q;;;+2/p-2. The first-order valence-electron chi connectivity index (χ1n) is 5.56. The van der Waals surface area contributed by atoms with Crippen LogP contribution in [0.3, 0.4) is 0 Å². The summed E-state index contributed by atoms with van der Waals surface area (Å²) < 4.78 is 0. The molecule has 0 aliphatic heterocycles. The van der Waals surface area contributed by atoms with Gasteiger partial charge in [0.2, 0.25) is 0 Å². The zero-order valence-corrected chi connectivity index (χ0v) is 14.8. The number of hydrogen-bond acceptors (Lipinski definition) is 0. The first kappa shape index (κ1) is 25.4. The van der Waals surface area contributed by atoms with Crippen molar-refractivity contribution in [1.82, 2.24) is 0 Å². The summed E-state index contributed by atoms with van der Waals surface area (Å²) in [6, 6.07) is 1.53. The Morgan fingerprint density at radius 1 is 0.733 bits per heavy atom. The van der Waals surface area contributed by atoms with E-state index in [2.05, 4.69) is 26.6 Å². The molecule has 0 aromatic rings. The van der Waals surface area contributed by atoms with Crippen LogP contribution in [0.2, 0.25) is 25.7 Å². The van der Waals surface area contributed by atoms with Gasteiger partial charge in [-0.3, -0.25) is 0 Å². The van der Waals surface area contributed by atoms with Gasteiger partial charge in [-0.1, -0.05) is 71.1 Å². The molecule has 0 nitrogen and oxygen atoms in total. The van der Waals surface area contributed by atoms with Crippen LogP contribution in [-0.4, -0.2) is 31.1 Å². The average Bonchev–Trinajstić information content (AvgIpc) is 1.94. The zero-order chi connectivity index (χ0) is 9.45. The number of halogens is 2. The van der Waals surface area contributed by atoms with Gasteiger partial charge in [-0.25, -0.2) is 0 Å². The predicted molar refractivity (Wildman–Crippen MR) is 67.3 cm³/mol. The van der Waals surface area contributed by atoms with Crippen molar-refractivity contribution in [2.45, 2.75) is 71.1 Å². The molecule has 0 heterocycles. The summed E-state index contributed by atoms with van der Waals surface area (Å²) in [5, 5.41) is 0. The maximum atomic E-state index is 2.47. The first-order valence-corrected chi connectivity index (χ1v) is 9.27. The molecule has 0 aliphatic rings. The van der Waals surface area contributed by atoms with Crippen LogP contribution in [0.4, 0.5) is 0 Å². The van der Waals surface area contributed by atoms with Crippen LogP contribution in [0.25, 0.3) is 0 Å². The van der Waals surface area contributed by atoms with Crippen molar-refractivity contribution in [2.24, 2.45) is 0 Å². The first-order chi connectivity index (χ1) is 5.56. The summed E-state index contributed by atoms with van der Waals surface area (Å²) in [5.74, 6) is 0. The van der Waals surface area contributed by atoms with Gasteiger partial charge in [-0.15, -0.1) is 0 Å². The second kappa shape index (κ2) is 15.6. The Morgan fingerprint density at radius 3 is 1.53 bits per heavy atom. The molecule has 0 aliphatic carbocycles. The summed E-state index contributed by atoms with van der Waals surface area (Å²) in [5.41, 5.74) is 0. The number of rotatable bonds is 7. The van der Waals surface area contributed by atoms with E-state index in [1.165, 1.54) is 44.6 Å². The Balaban J connectivity index is -0.000000202. The molecule has 0 rings (SSSR count). The maximum absolute atomic E-state index is 2.47. The predicted octanol–water partition coefficient (Wildman–Crippen LogP) is -1.69. The molecule has 4 heteroatoms. The molecule has 0 bridgehead atoms. The van der Waals surface area contributed by atoms with Crippen molar-refractivity contribution < 1.29 is 24.8 Å². The van der Waals surface area contributed by atoms with E-state index in [0.717, 1.165) is 0 Å². The van der Waals surface area contributed by atoms with E-state index >= 15 is 0 Å². The Labute approximate surface area is 126 Å². The van der Waals surface area contributed by atoms with Crippen LogP contribution in [-0.2, 0) is 0 Å². The van der Waals surface area contributed by atoms with E-state index < -0.39 is 8.07 Å². The third-order valence-electron chi connectivity index (χ3n) is 2.28. The summed E-state index contributed by atoms with van der Waals surface area (Å²) in [4.78, 5) is 0. The van der Waals surface area contributed by atoms with Crippen molar-refractivity contribution in [1.29, 1.82) is 0 Å². The monoisotopic (exact) mass is 280 g/mol. The van der Waals surface area contributed by atoms with Crippen molar-refractivity contribution in [3.63, 3.8) is 0 Å². The van der Waals surface area contributed by atoms with E-state index in [-0.39, 0.29) is 47.9 Å². The van der Waals surface area contributed by atoms with Gasteiger partial charge in [-0.2, -0.15) is 0 Å². The van der Waals surface area contributed by atoms with Gasteiger partial charge >= 0.3 is 23.1 Å². The van der Waals surface area contributed by atoms with Gasteiger partial charge in [0.05, 0.1) is 0 Å². The summed E-state index contributed by atoms with van der Waals surface area (Å²) in [6.45, 7) is 9.69. The third-order valence-corrected chi connectivity index (χ3v) is 4.13. The molecule has 0 spiro atoms. The minimum absolute atomic E-state index is 0. The topological polar surface area (TPSA) is 0 Å². The smallest absolute Gasteiger partial charge is 1.00 e. The maximum Gasteiger partial charge on any atom is 2.00 e. The van der Waals surface area contributed by atoms with Crippen molar-refractivity contribution in [2.75, 3.05) is 0 Å². The SMILES string of the molecule is CCCCCCCC[Si](C)(C)C.[Cl-].[Cl-].[Mg+2]. The fourth-order valence-electron chi connectivity index (χ4n) is 1.44. The van der Waals surface area contributed by atoms with Crippen LogP contribution in [0.1, 0.15) is 45.4 Å². The van der Waals surface area contributed by atoms with Crippen molar-refractivity contribution >= 4 is 31.1 Å². The Kier molecular flexibility index (Phi) is 26.4. The summed E-state index contributed by atoms with van der Waals surface area (Å²) in [7, 11) is -0.726. The van der Waals surface area contributed by atoms with E-state index in [4.69, 9.17) is 0 Å². The third kappa shape index (κ3) is 25.7. The normalized spacial score (nSPS) is 9.60. The molecule has 0 saturated heterocycles. The molecular weight excluding hydrogens is 255 g/mol. The molecule has 0 atom stereocenters. The van der Waals surface area contributed by atoms with Crippen LogP contribution in [0, 0.1) is 0 Å². The van der Waals surface area contributed by atoms with Gasteiger partial charge in [-0.05, 0) is 0 Å².